The fourth-order valence-electron chi connectivity index (χ4n) is 7.98. The minimum atomic E-state index is -4.06. The molecule has 476 valence electrons. The molecule has 3 aromatic heterocycles. The summed E-state index contributed by atoms with van der Waals surface area (Å²) in [5.74, 6) is 3.77. The molecule has 0 radical (unpaired) electrons. The number of rotatable bonds is 14. The summed E-state index contributed by atoms with van der Waals surface area (Å²) in [6.07, 6.45) is 10.8. The molecule has 9 rings (SSSR count). The summed E-state index contributed by atoms with van der Waals surface area (Å²) in [6.45, 7) is 24.0. The van der Waals surface area contributed by atoms with Gasteiger partial charge in [-0.15, -0.1) is 0 Å². The molecule has 1 saturated carbocycles. The summed E-state index contributed by atoms with van der Waals surface area (Å²) in [5.41, 5.74) is 2.02. The Kier molecular flexibility index (Phi) is 44.9. The number of piperidine rings is 1. The van der Waals surface area contributed by atoms with Crippen LogP contribution in [0.4, 0.5) is 30.4 Å². The average Bonchev–Trinajstić information content (AvgIpc) is 4.09. The monoisotopic (exact) mass is 1190 g/mol. The first-order valence-electron chi connectivity index (χ1n) is 29.3. The van der Waals surface area contributed by atoms with E-state index >= 15 is 0 Å². The number of nitrogens with zero attached hydrogens (tertiary/aromatic N) is 12. The predicted molar refractivity (Wildman–Crippen MR) is 336 cm³/mol. The highest BCUT2D eigenvalue weighted by molar-refractivity contribution is 7.99. The van der Waals surface area contributed by atoms with Crippen molar-refractivity contribution in [3.05, 3.63) is 49.2 Å². The number of hydrogen-bond acceptors (Lipinski definition) is 20. The molecule has 6 aliphatic rings. The van der Waals surface area contributed by atoms with Crippen LogP contribution >= 0.6 is 11.8 Å². The van der Waals surface area contributed by atoms with Crippen LogP contribution in [-0.4, -0.2) is 310 Å². The second kappa shape index (κ2) is 48.3. The molecule has 0 atom stereocenters. The van der Waals surface area contributed by atoms with Crippen LogP contribution in [0.2, 0.25) is 0 Å². The van der Waals surface area contributed by atoms with Gasteiger partial charge in [0.2, 0.25) is 5.91 Å². The van der Waals surface area contributed by atoms with Crippen LogP contribution < -0.4 is 42.1 Å². The Labute approximate surface area is 496 Å². The highest BCUT2D eigenvalue weighted by atomic mass is 32.2. The van der Waals surface area contributed by atoms with Crippen molar-refractivity contribution in [2.75, 3.05) is 242 Å². The maximum absolute atomic E-state index is 11.0. The Balaban J connectivity index is 0.000000467. The standard InChI is InChI=1S/C10H15N3.C9H18N2.C7H14N4.C7H16N2O.C6H11N3O.C6H14N2.C5H11NS.C3H6F3N.C3H7NO/c1-12-6-8-13(9-7-12)10-4-2-3-5-11-10;1-10-8-4-6-11(7-5-8)9-2-3-9;1-8-3-4-11-6-7(9-2)5-10-11;1-8-2-3-9-4-6-10-7-5-9;1-7-6-4-8-9(5-6)2-3-10;1-7-3-5-8(2)6-4-7;1-6-2-4-7-5-3-6;1-7-2-3(4,5)6;1-3(5)4-2/h2-5H,6-9H2,1H3;8-10H,2-7H2,1H3;5-6,8-9H,3-4H2,1-2H3;8H,2-7H2,1H3;4-5,7,10H,2-3H2,1H3;3-6H2,1-2H3;2-5H2,1H3;7H,2H2,1H3;1-2H3,(H,4,5). The lowest BCUT2D eigenvalue weighted by Gasteiger charge is -2.33. The fraction of sp³-hybridized carbons (Fsp3) is 0.786. The number of morpholine rings is 1. The summed E-state index contributed by atoms with van der Waals surface area (Å²) in [5, 5.41) is 36.5. The molecule has 0 bridgehead atoms. The van der Waals surface area contributed by atoms with E-state index in [0.29, 0.717) is 6.54 Å². The molecule has 0 unspecified atom stereocenters. The number of thioether (sulfide) groups is 1. The Morgan fingerprint density at radius 2 is 1.15 bits per heavy atom. The van der Waals surface area contributed by atoms with Gasteiger partial charge in [-0.1, -0.05) is 6.07 Å². The highest BCUT2D eigenvalue weighted by Crippen LogP contribution is 2.29. The van der Waals surface area contributed by atoms with E-state index in [9.17, 15) is 18.0 Å². The van der Waals surface area contributed by atoms with Crippen LogP contribution in [0.15, 0.2) is 49.2 Å². The van der Waals surface area contributed by atoms with E-state index < -0.39 is 12.7 Å². The van der Waals surface area contributed by atoms with Crippen molar-refractivity contribution in [3.8, 4) is 0 Å². The number of ether oxygens (including phenoxy) is 1. The molecular formula is C56H112F3N19O3S. The van der Waals surface area contributed by atoms with Crippen LogP contribution in [-0.2, 0) is 22.6 Å². The van der Waals surface area contributed by atoms with E-state index in [2.05, 4.69) is 134 Å². The van der Waals surface area contributed by atoms with Crippen LogP contribution in [0.3, 0.4) is 0 Å². The lowest BCUT2D eigenvalue weighted by atomic mass is 10.1. The number of aromatic nitrogens is 5. The Bertz CT molecular complexity index is 1880. The maximum atomic E-state index is 11.0. The highest BCUT2D eigenvalue weighted by Gasteiger charge is 2.31. The average molecular weight is 1190 g/mol. The predicted octanol–water partition coefficient (Wildman–Crippen LogP) is 2.31. The third-order valence-corrected chi connectivity index (χ3v) is 14.7. The lowest BCUT2D eigenvalue weighted by molar-refractivity contribution is -0.123. The molecule has 8 N–H and O–H groups in total. The fourth-order valence-corrected chi connectivity index (χ4v) is 9.07. The van der Waals surface area contributed by atoms with E-state index in [1.807, 2.05) is 75.1 Å². The third-order valence-electron chi connectivity index (χ3n) is 13.7. The SMILES string of the molecule is CN1CCN(C)CC1.CN1CCN(c2ccccn2)CC1.CN1CCSCC1.CNC(C)=O.CNC1CCN(C2CC2)CC1.CNCC(F)(F)F.CNCCN1CCOCC1.CNCCn1cc(NC)cn1.CNc1cnn(CCO)c1. The van der Waals surface area contributed by atoms with Gasteiger partial charge in [-0.25, -0.2) is 4.98 Å². The quantitative estimate of drug-likeness (QED) is 0.117. The van der Waals surface area contributed by atoms with Crippen molar-refractivity contribution < 1.29 is 27.8 Å². The number of carbonyl (C=O) groups excluding carboxylic acids is 1. The molecule has 0 aromatic carbocycles. The molecule has 0 spiro atoms. The first-order valence-corrected chi connectivity index (χ1v) is 30.5. The topological polar surface area (TPSA) is 202 Å². The Morgan fingerprint density at radius 1 is 0.659 bits per heavy atom. The molecule has 5 saturated heterocycles. The molecule has 22 nitrogen and oxygen atoms in total. The van der Waals surface area contributed by atoms with Gasteiger partial charge < -0.3 is 76.5 Å². The Morgan fingerprint density at radius 3 is 1.51 bits per heavy atom. The molecule has 8 heterocycles. The normalized spacial score (nSPS) is 18.2. The zero-order valence-electron chi connectivity index (χ0n) is 52.5. The number of piperazine rings is 2. The number of alkyl halides is 3. The van der Waals surface area contributed by atoms with Crippen LogP contribution in [0, 0.1) is 0 Å². The van der Waals surface area contributed by atoms with E-state index in [1.54, 1.807) is 17.9 Å². The summed E-state index contributed by atoms with van der Waals surface area (Å²) in [7, 11) is 21.3. The van der Waals surface area contributed by atoms with Gasteiger partial charge in [-0.05, 0) is 107 Å². The first kappa shape index (κ1) is 76.1. The molecule has 1 aliphatic carbocycles. The number of likely N-dealkylation sites (tertiary alicyclic amines) is 1. The van der Waals surface area contributed by atoms with Crippen molar-refractivity contribution in [2.45, 2.75) is 64.0 Å². The number of aliphatic hydroxyl groups excluding tert-OH is 1. The van der Waals surface area contributed by atoms with Gasteiger partial charge in [0.25, 0.3) is 0 Å². The molecule has 5 aliphatic heterocycles. The molecule has 1 amide bonds. The number of pyridine rings is 1. The first-order chi connectivity index (χ1) is 39.4. The summed E-state index contributed by atoms with van der Waals surface area (Å²) >= 11 is 2.06. The third kappa shape index (κ3) is 41.2. The van der Waals surface area contributed by atoms with E-state index in [0.717, 1.165) is 108 Å². The van der Waals surface area contributed by atoms with Gasteiger partial charge in [-0.3, -0.25) is 19.1 Å². The summed E-state index contributed by atoms with van der Waals surface area (Å²) in [4.78, 5) is 30.9. The molecular weight excluding hydrogens is 1080 g/mol. The van der Waals surface area contributed by atoms with Crippen LogP contribution in [0.1, 0.15) is 32.6 Å². The molecule has 6 fully saturated rings. The minimum absolute atomic E-state index is 0.00463. The number of amides is 1. The number of aliphatic hydroxyl groups is 1. The summed E-state index contributed by atoms with van der Waals surface area (Å²) in [6, 6.07) is 7.85. The number of halogens is 3. The van der Waals surface area contributed by atoms with Crippen molar-refractivity contribution in [1.29, 1.82) is 0 Å². The van der Waals surface area contributed by atoms with Crippen molar-refractivity contribution in [2.24, 2.45) is 0 Å². The number of anilines is 3. The molecule has 3 aromatic rings. The van der Waals surface area contributed by atoms with Gasteiger partial charge in [0.15, 0.2) is 0 Å². The van der Waals surface area contributed by atoms with Gasteiger partial charge in [0.1, 0.15) is 5.82 Å². The molecule has 82 heavy (non-hydrogen) atoms. The van der Waals surface area contributed by atoms with E-state index in [4.69, 9.17) is 9.84 Å². The van der Waals surface area contributed by atoms with Crippen molar-refractivity contribution in [1.82, 2.24) is 80.5 Å². The summed E-state index contributed by atoms with van der Waals surface area (Å²) < 4.78 is 41.8. The second-order valence-corrected chi connectivity index (χ2v) is 21.9. The number of carbonyl (C=O) groups is 1. The molecule has 26 heteroatoms. The van der Waals surface area contributed by atoms with Gasteiger partial charge in [-0.2, -0.15) is 35.1 Å². The zero-order chi connectivity index (χ0) is 60.8. The maximum Gasteiger partial charge on any atom is 0.401 e. The van der Waals surface area contributed by atoms with E-state index in [-0.39, 0.29) is 12.5 Å². The number of likely N-dealkylation sites (N-methyl/N-ethyl adjacent to an activating group) is 5. The van der Waals surface area contributed by atoms with Gasteiger partial charge in [0, 0.05) is 168 Å². The second-order valence-electron chi connectivity index (χ2n) is 20.7. The largest absolute Gasteiger partial charge is 0.401 e. The number of nitrogens with one attached hydrogen (secondary N) is 7. The Hall–Kier alpha value is -3.90. The van der Waals surface area contributed by atoms with Gasteiger partial charge >= 0.3 is 6.18 Å². The van der Waals surface area contributed by atoms with Crippen molar-refractivity contribution in [3.63, 3.8) is 0 Å². The number of hydrogen-bond donors (Lipinski definition) is 8. The lowest BCUT2D eigenvalue weighted by Crippen LogP contribution is -2.44. The van der Waals surface area contributed by atoms with E-state index in [1.165, 1.54) is 104 Å². The van der Waals surface area contributed by atoms with Crippen molar-refractivity contribution >= 4 is 34.9 Å². The van der Waals surface area contributed by atoms with Crippen LogP contribution in [0.5, 0.6) is 0 Å². The smallest absolute Gasteiger partial charge is 0.394 e. The van der Waals surface area contributed by atoms with Crippen LogP contribution in [0.25, 0.3) is 0 Å². The zero-order valence-corrected chi connectivity index (χ0v) is 53.3. The van der Waals surface area contributed by atoms with Gasteiger partial charge in [0.05, 0.1) is 63.2 Å². The minimum Gasteiger partial charge on any atom is -0.394 e.